The Morgan fingerprint density at radius 2 is 1.96 bits per heavy atom. The SMILES string of the molecule is CSc1ccc(CN(C)C(C)C(=O)Nc2nc3ccccc3s2)cc1. The second-order valence-electron chi connectivity index (χ2n) is 5.92. The molecule has 0 saturated carbocycles. The molecule has 0 spiro atoms. The van der Waals surface area contributed by atoms with Gasteiger partial charge in [0.2, 0.25) is 5.91 Å². The maximum atomic E-state index is 12.5. The van der Waals surface area contributed by atoms with Crippen LogP contribution in [0.25, 0.3) is 10.2 Å². The number of fused-ring (bicyclic) bond motifs is 1. The molecule has 25 heavy (non-hydrogen) atoms. The molecule has 1 atom stereocenters. The third-order valence-electron chi connectivity index (χ3n) is 4.16. The zero-order valence-corrected chi connectivity index (χ0v) is 16.2. The first-order valence-corrected chi connectivity index (χ1v) is 10.1. The minimum Gasteiger partial charge on any atom is -0.301 e. The Kier molecular flexibility index (Phi) is 5.73. The summed E-state index contributed by atoms with van der Waals surface area (Å²) in [6.07, 6.45) is 2.07. The van der Waals surface area contributed by atoms with E-state index in [0.717, 1.165) is 16.8 Å². The van der Waals surface area contributed by atoms with Crippen molar-refractivity contribution in [1.29, 1.82) is 0 Å². The number of thioether (sulfide) groups is 1. The minimum absolute atomic E-state index is 0.0395. The molecule has 4 nitrogen and oxygen atoms in total. The van der Waals surface area contributed by atoms with E-state index in [0.29, 0.717) is 5.13 Å². The van der Waals surface area contributed by atoms with Crippen LogP contribution >= 0.6 is 23.1 Å². The number of carbonyl (C=O) groups is 1. The van der Waals surface area contributed by atoms with Crippen LogP contribution in [0.5, 0.6) is 0 Å². The highest BCUT2D eigenvalue weighted by atomic mass is 32.2. The Hall–Kier alpha value is -1.89. The van der Waals surface area contributed by atoms with Gasteiger partial charge in [0.25, 0.3) is 0 Å². The predicted octanol–water partition coefficient (Wildman–Crippen LogP) is 4.48. The molecule has 0 radical (unpaired) electrons. The Balaban J connectivity index is 1.62. The summed E-state index contributed by atoms with van der Waals surface area (Å²) < 4.78 is 1.08. The third-order valence-corrected chi connectivity index (χ3v) is 5.85. The van der Waals surface area contributed by atoms with E-state index < -0.39 is 0 Å². The molecule has 2 aromatic carbocycles. The molecule has 0 aliphatic heterocycles. The molecule has 1 amide bonds. The number of amides is 1. The van der Waals surface area contributed by atoms with Gasteiger partial charge in [-0.2, -0.15) is 0 Å². The van der Waals surface area contributed by atoms with Crippen molar-refractivity contribution in [3.8, 4) is 0 Å². The van der Waals surface area contributed by atoms with Gasteiger partial charge in [-0.25, -0.2) is 4.98 Å². The van der Waals surface area contributed by atoms with Crippen molar-refractivity contribution < 1.29 is 4.79 Å². The molecule has 6 heteroatoms. The summed E-state index contributed by atoms with van der Waals surface area (Å²) in [7, 11) is 1.96. The highest BCUT2D eigenvalue weighted by Crippen LogP contribution is 2.25. The summed E-state index contributed by atoms with van der Waals surface area (Å²) in [5.41, 5.74) is 2.11. The van der Waals surface area contributed by atoms with Gasteiger partial charge in [0.1, 0.15) is 0 Å². The number of nitrogens with one attached hydrogen (secondary N) is 1. The van der Waals surface area contributed by atoms with Crippen LogP contribution in [0.3, 0.4) is 0 Å². The molecule has 0 fully saturated rings. The average molecular weight is 372 g/mol. The van der Waals surface area contributed by atoms with Crippen LogP contribution in [-0.4, -0.2) is 35.1 Å². The lowest BCUT2D eigenvalue weighted by Crippen LogP contribution is -2.39. The number of nitrogens with zero attached hydrogens (tertiary/aromatic N) is 2. The average Bonchev–Trinajstić information content (AvgIpc) is 3.03. The molecule has 0 bridgehead atoms. The molecule has 3 rings (SSSR count). The minimum atomic E-state index is -0.243. The number of para-hydroxylation sites is 1. The summed E-state index contributed by atoms with van der Waals surface area (Å²) in [6, 6.07) is 16.1. The lowest BCUT2D eigenvalue weighted by Gasteiger charge is -2.23. The fourth-order valence-electron chi connectivity index (χ4n) is 2.49. The molecule has 1 heterocycles. The van der Waals surface area contributed by atoms with Gasteiger partial charge in [-0.15, -0.1) is 11.8 Å². The molecular formula is C19H21N3OS2. The zero-order chi connectivity index (χ0) is 17.8. The van der Waals surface area contributed by atoms with Crippen LogP contribution < -0.4 is 5.32 Å². The molecule has 0 aliphatic carbocycles. The van der Waals surface area contributed by atoms with Crippen LogP contribution in [0, 0.1) is 0 Å². The molecule has 130 valence electrons. The fraction of sp³-hybridized carbons (Fsp3) is 0.263. The lowest BCUT2D eigenvalue weighted by molar-refractivity contribution is -0.120. The maximum Gasteiger partial charge on any atom is 0.243 e. The third kappa shape index (κ3) is 4.39. The monoisotopic (exact) mass is 371 g/mol. The van der Waals surface area contributed by atoms with Gasteiger partial charge in [0.05, 0.1) is 16.3 Å². The summed E-state index contributed by atoms with van der Waals surface area (Å²) in [6.45, 7) is 2.64. The number of hydrogen-bond acceptors (Lipinski definition) is 5. The number of carbonyl (C=O) groups excluding carboxylic acids is 1. The van der Waals surface area contributed by atoms with Crippen molar-refractivity contribution in [3.63, 3.8) is 0 Å². The quantitative estimate of drug-likeness (QED) is 0.649. The number of likely N-dealkylation sites (N-methyl/N-ethyl adjacent to an activating group) is 1. The van der Waals surface area contributed by atoms with Gasteiger partial charge in [-0.3, -0.25) is 9.69 Å². The summed E-state index contributed by atoms with van der Waals surface area (Å²) in [5, 5.41) is 3.59. The summed E-state index contributed by atoms with van der Waals surface area (Å²) in [4.78, 5) is 20.3. The largest absolute Gasteiger partial charge is 0.301 e. The van der Waals surface area contributed by atoms with Crippen molar-refractivity contribution in [2.75, 3.05) is 18.6 Å². The van der Waals surface area contributed by atoms with Crippen molar-refractivity contribution in [2.24, 2.45) is 0 Å². The van der Waals surface area contributed by atoms with Crippen LogP contribution in [0.4, 0.5) is 5.13 Å². The summed E-state index contributed by atoms with van der Waals surface area (Å²) >= 11 is 3.23. The van der Waals surface area contributed by atoms with Crippen molar-refractivity contribution >= 4 is 44.4 Å². The van der Waals surface area contributed by atoms with Crippen LogP contribution in [0.2, 0.25) is 0 Å². The van der Waals surface area contributed by atoms with E-state index in [-0.39, 0.29) is 11.9 Å². The fourth-order valence-corrected chi connectivity index (χ4v) is 3.77. The lowest BCUT2D eigenvalue weighted by atomic mass is 10.2. The van der Waals surface area contributed by atoms with Crippen molar-refractivity contribution in [3.05, 3.63) is 54.1 Å². The molecule has 3 aromatic rings. The van der Waals surface area contributed by atoms with Gasteiger partial charge >= 0.3 is 0 Å². The maximum absolute atomic E-state index is 12.5. The highest BCUT2D eigenvalue weighted by Gasteiger charge is 2.19. The van der Waals surface area contributed by atoms with E-state index in [2.05, 4.69) is 40.8 Å². The Morgan fingerprint density at radius 1 is 1.24 bits per heavy atom. The number of thiazole rings is 1. The van der Waals surface area contributed by atoms with E-state index in [9.17, 15) is 4.79 Å². The van der Waals surface area contributed by atoms with Crippen LogP contribution in [-0.2, 0) is 11.3 Å². The van der Waals surface area contributed by atoms with Gasteiger partial charge < -0.3 is 5.32 Å². The van der Waals surface area contributed by atoms with Crippen LogP contribution in [0.15, 0.2) is 53.4 Å². The van der Waals surface area contributed by atoms with E-state index in [1.807, 2.05) is 43.1 Å². The standard InChI is InChI=1S/C19H21N3OS2/c1-13(22(2)12-14-8-10-15(24-3)11-9-14)18(23)21-19-20-16-6-4-5-7-17(16)25-19/h4-11,13H,12H2,1-3H3,(H,20,21,23). The van der Waals surface area contributed by atoms with E-state index in [1.165, 1.54) is 21.8 Å². The molecule has 1 N–H and O–H groups in total. The van der Waals surface area contributed by atoms with Gasteiger partial charge in [-0.1, -0.05) is 35.6 Å². The molecule has 1 unspecified atom stereocenters. The Bertz CT molecular complexity index is 827. The molecular weight excluding hydrogens is 350 g/mol. The van der Waals surface area contributed by atoms with E-state index in [4.69, 9.17) is 0 Å². The number of hydrogen-bond donors (Lipinski definition) is 1. The molecule has 1 aromatic heterocycles. The molecule has 0 saturated heterocycles. The first kappa shape index (κ1) is 17.9. The zero-order valence-electron chi connectivity index (χ0n) is 14.5. The first-order valence-electron chi connectivity index (χ1n) is 8.06. The Labute approximate surface area is 156 Å². The van der Waals surface area contributed by atoms with Crippen LogP contribution in [0.1, 0.15) is 12.5 Å². The van der Waals surface area contributed by atoms with Gasteiger partial charge in [0.15, 0.2) is 5.13 Å². The topological polar surface area (TPSA) is 45.2 Å². The number of rotatable bonds is 6. The highest BCUT2D eigenvalue weighted by molar-refractivity contribution is 7.98. The van der Waals surface area contributed by atoms with Crippen molar-refractivity contribution in [2.45, 2.75) is 24.4 Å². The van der Waals surface area contributed by atoms with Gasteiger partial charge in [-0.05, 0) is 50.1 Å². The first-order chi connectivity index (χ1) is 12.1. The second kappa shape index (κ2) is 7.99. The van der Waals surface area contributed by atoms with Crippen molar-refractivity contribution in [1.82, 2.24) is 9.88 Å². The molecule has 0 aliphatic rings. The predicted molar refractivity (Wildman–Crippen MR) is 107 cm³/mol. The second-order valence-corrected chi connectivity index (χ2v) is 7.83. The van der Waals surface area contributed by atoms with Gasteiger partial charge in [0, 0.05) is 11.4 Å². The number of benzene rings is 2. The van der Waals surface area contributed by atoms with E-state index >= 15 is 0 Å². The number of aromatic nitrogens is 1. The number of anilines is 1. The smallest absolute Gasteiger partial charge is 0.243 e. The van der Waals surface area contributed by atoms with E-state index in [1.54, 1.807) is 11.8 Å². The normalized spacial score (nSPS) is 12.5. The summed E-state index contributed by atoms with van der Waals surface area (Å²) in [5.74, 6) is -0.0395. The Morgan fingerprint density at radius 3 is 2.64 bits per heavy atom.